The molecule has 0 aliphatic rings. The summed E-state index contributed by atoms with van der Waals surface area (Å²) in [5, 5.41) is 7.00. The van der Waals surface area contributed by atoms with Crippen molar-refractivity contribution in [1.82, 2.24) is 9.97 Å². The van der Waals surface area contributed by atoms with Crippen LogP contribution in [-0.4, -0.2) is 16.1 Å². The molecule has 0 radical (unpaired) electrons. The maximum absolute atomic E-state index is 6.16. The van der Waals surface area contributed by atoms with Crippen LogP contribution >= 0.6 is 11.6 Å². The first-order valence-corrected chi connectivity index (χ1v) is 8.37. The number of para-hydroxylation sites is 3. The normalized spacial score (nSPS) is 10.6. The zero-order valence-corrected chi connectivity index (χ0v) is 14.8. The third-order valence-corrected chi connectivity index (χ3v) is 3.62. The number of benzene rings is 2. The van der Waals surface area contributed by atoms with Gasteiger partial charge in [-0.15, -0.1) is 0 Å². The van der Waals surface area contributed by atoms with Gasteiger partial charge in [-0.25, -0.2) is 4.98 Å². The molecule has 128 valence electrons. The highest BCUT2D eigenvalue weighted by atomic mass is 35.5. The van der Waals surface area contributed by atoms with Gasteiger partial charge in [0.2, 0.25) is 5.95 Å². The molecule has 25 heavy (non-hydrogen) atoms. The molecule has 3 aromatic rings. The Kier molecular flexibility index (Phi) is 5.36. The molecular formula is C19H19ClN4O. The first-order valence-electron chi connectivity index (χ1n) is 7.99. The molecule has 0 amide bonds. The summed E-state index contributed by atoms with van der Waals surface area (Å²) in [6.07, 6.45) is 1.77. The predicted octanol–water partition coefficient (Wildman–Crippen LogP) is 5.40. The van der Waals surface area contributed by atoms with Crippen molar-refractivity contribution < 1.29 is 4.74 Å². The molecule has 6 heteroatoms. The van der Waals surface area contributed by atoms with Crippen molar-refractivity contribution in [2.45, 2.75) is 20.0 Å². The average Bonchev–Trinajstić information content (AvgIpc) is 2.59. The molecule has 0 aliphatic heterocycles. The number of aromatic nitrogens is 2. The molecule has 0 bridgehead atoms. The van der Waals surface area contributed by atoms with E-state index in [1.807, 2.05) is 62.4 Å². The van der Waals surface area contributed by atoms with Crippen molar-refractivity contribution in [2.75, 3.05) is 10.6 Å². The molecule has 0 aliphatic carbocycles. The molecule has 0 saturated carbocycles. The second kappa shape index (κ2) is 7.85. The Bertz CT molecular complexity index is 854. The number of anilines is 4. The number of rotatable bonds is 6. The Balaban J connectivity index is 1.80. The predicted molar refractivity (Wildman–Crippen MR) is 102 cm³/mol. The maximum Gasteiger partial charge on any atom is 0.229 e. The maximum atomic E-state index is 6.16. The van der Waals surface area contributed by atoms with Crippen LogP contribution in [0.5, 0.6) is 5.75 Å². The lowest BCUT2D eigenvalue weighted by atomic mass is 10.3. The van der Waals surface area contributed by atoms with E-state index in [9.17, 15) is 0 Å². The molecule has 2 aromatic carbocycles. The lowest BCUT2D eigenvalue weighted by molar-refractivity contribution is 0.244. The summed E-state index contributed by atoms with van der Waals surface area (Å²) < 4.78 is 5.82. The van der Waals surface area contributed by atoms with Crippen LogP contribution in [0.15, 0.2) is 60.8 Å². The van der Waals surface area contributed by atoms with Crippen molar-refractivity contribution in [1.29, 1.82) is 0 Å². The number of ether oxygens (including phenoxy) is 1. The van der Waals surface area contributed by atoms with Crippen LogP contribution < -0.4 is 15.4 Å². The molecule has 0 fully saturated rings. The summed E-state index contributed by atoms with van der Waals surface area (Å²) in [6.45, 7) is 3.99. The Morgan fingerprint density at radius 1 is 0.920 bits per heavy atom. The molecule has 1 heterocycles. The third kappa shape index (κ3) is 4.61. The van der Waals surface area contributed by atoms with Gasteiger partial charge in [0.1, 0.15) is 11.6 Å². The third-order valence-electron chi connectivity index (χ3n) is 3.29. The van der Waals surface area contributed by atoms with Crippen molar-refractivity contribution >= 4 is 34.7 Å². The molecular weight excluding hydrogens is 336 g/mol. The summed E-state index contributed by atoms with van der Waals surface area (Å²) in [5.41, 5.74) is 1.60. The smallest absolute Gasteiger partial charge is 0.229 e. The van der Waals surface area contributed by atoms with E-state index in [0.29, 0.717) is 16.8 Å². The lowest BCUT2D eigenvalue weighted by Crippen LogP contribution is -2.07. The second-order valence-corrected chi connectivity index (χ2v) is 6.07. The molecule has 0 spiro atoms. The van der Waals surface area contributed by atoms with Gasteiger partial charge in [-0.1, -0.05) is 35.9 Å². The van der Waals surface area contributed by atoms with E-state index in [1.54, 1.807) is 12.3 Å². The number of halogens is 1. The highest BCUT2D eigenvalue weighted by Gasteiger charge is 2.07. The molecule has 2 N–H and O–H groups in total. The minimum absolute atomic E-state index is 0.0887. The zero-order chi connectivity index (χ0) is 17.6. The first-order chi connectivity index (χ1) is 12.1. The van der Waals surface area contributed by atoms with Gasteiger partial charge in [0.25, 0.3) is 0 Å². The fourth-order valence-corrected chi connectivity index (χ4v) is 2.42. The summed E-state index contributed by atoms with van der Waals surface area (Å²) >= 11 is 6.16. The van der Waals surface area contributed by atoms with E-state index in [0.717, 1.165) is 17.1 Å². The zero-order valence-electron chi connectivity index (χ0n) is 14.0. The molecule has 0 saturated heterocycles. The van der Waals surface area contributed by atoms with Gasteiger partial charge in [-0.3, -0.25) is 0 Å². The number of hydrogen-bond donors (Lipinski definition) is 2. The topological polar surface area (TPSA) is 59.1 Å². The minimum Gasteiger partial charge on any atom is -0.489 e. The van der Waals surface area contributed by atoms with Crippen LogP contribution in [0.2, 0.25) is 5.02 Å². The van der Waals surface area contributed by atoms with Crippen molar-refractivity contribution in [3.8, 4) is 5.75 Å². The molecule has 3 rings (SSSR count). The molecule has 0 unspecified atom stereocenters. The summed E-state index contributed by atoms with van der Waals surface area (Å²) in [6, 6.07) is 17.0. The molecule has 0 atom stereocenters. The number of nitrogens with zero attached hydrogens (tertiary/aromatic N) is 2. The van der Waals surface area contributed by atoms with E-state index >= 15 is 0 Å². The van der Waals surface area contributed by atoms with Gasteiger partial charge in [0.15, 0.2) is 0 Å². The van der Waals surface area contributed by atoms with Gasteiger partial charge in [-0.2, -0.15) is 4.98 Å². The monoisotopic (exact) mass is 354 g/mol. The van der Waals surface area contributed by atoms with E-state index in [-0.39, 0.29) is 6.10 Å². The number of hydrogen-bond acceptors (Lipinski definition) is 5. The standard InChI is InChI=1S/C19H19ClN4O/c1-13(2)25-17-10-6-5-9-16(17)22-18-11-12-21-19(24-18)23-15-8-4-3-7-14(15)20/h3-13H,1-2H3,(H2,21,22,23,24). The SMILES string of the molecule is CC(C)Oc1ccccc1Nc1ccnc(Nc2ccccc2Cl)n1. The van der Waals surface area contributed by atoms with Gasteiger partial charge in [-0.05, 0) is 44.2 Å². The molecule has 1 aromatic heterocycles. The van der Waals surface area contributed by atoms with E-state index < -0.39 is 0 Å². The molecule has 5 nitrogen and oxygen atoms in total. The van der Waals surface area contributed by atoms with E-state index in [4.69, 9.17) is 16.3 Å². The van der Waals surface area contributed by atoms with Crippen LogP contribution in [0, 0.1) is 0 Å². The van der Waals surface area contributed by atoms with Gasteiger partial charge in [0.05, 0.1) is 22.5 Å². The Morgan fingerprint density at radius 2 is 1.64 bits per heavy atom. The fraction of sp³-hybridized carbons (Fsp3) is 0.158. The first kappa shape index (κ1) is 17.0. The summed E-state index contributed by atoms with van der Waals surface area (Å²) in [7, 11) is 0. The van der Waals surface area contributed by atoms with Gasteiger partial charge >= 0.3 is 0 Å². The van der Waals surface area contributed by atoms with Crippen LogP contribution in [0.1, 0.15) is 13.8 Å². The quantitative estimate of drug-likeness (QED) is 0.620. The highest BCUT2D eigenvalue weighted by Crippen LogP contribution is 2.28. The highest BCUT2D eigenvalue weighted by molar-refractivity contribution is 6.33. The van der Waals surface area contributed by atoms with Crippen molar-refractivity contribution in [3.63, 3.8) is 0 Å². The minimum atomic E-state index is 0.0887. The lowest BCUT2D eigenvalue weighted by Gasteiger charge is -2.15. The van der Waals surface area contributed by atoms with Crippen LogP contribution in [0.3, 0.4) is 0 Å². The fourth-order valence-electron chi connectivity index (χ4n) is 2.24. The van der Waals surface area contributed by atoms with Crippen molar-refractivity contribution in [3.05, 3.63) is 65.8 Å². The largest absolute Gasteiger partial charge is 0.489 e. The Hall–Kier alpha value is -2.79. The van der Waals surface area contributed by atoms with Crippen molar-refractivity contribution in [2.24, 2.45) is 0 Å². The van der Waals surface area contributed by atoms with Crippen LogP contribution in [0.25, 0.3) is 0 Å². The summed E-state index contributed by atoms with van der Waals surface area (Å²) in [4.78, 5) is 8.71. The van der Waals surface area contributed by atoms with E-state index in [1.165, 1.54) is 0 Å². The van der Waals surface area contributed by atoms with Gasteiger partial charge < -0.3 is 15.4 Å². The second-order valence-electron chi connectivity index (χ2n) is 5.66. The van der Waals surface area contributed by atoms with Gasteiger partial charge in [0, 0.05) is 6.20 Å². The average molecular weight is 355 g/mol. The summed E-state index contributed by atoms with van der Waals surface area (Å²) in [5.74, 6) is 1.89. The number of nitrogens with one attached hydrogen (secondary N) is 2. The van der Waals surface area contributed by atoms with Crippen LogP contribution in [0.4, 0.5) is 23.1 Å². The Morgan fingerprint density at radius 3 is 2.40 bits per heavy atom. The Labute approximate surface area is 152 Å². The van der Waals surface area contributed by atoms with E-state index in [2.05, 4.69) is 20.6 Å². The van der Waals surface area contributed by atoms with Crippen LogP contribution in [-0.2, 0) is 0 Å².